The summed E-state index contributed by atoms with van der Waals surface area (Å²) in [5, 5.41) is 4.04. The molecule has 2 rings (SSSR count). The zero-order valence-corrected chi connectivity index (χ0v) is 12.1. The molecule has 1 aliphatic rings. The summed E-state index contributed by atoms with van der Waals surface area (Å²) in [7, 11) is 0. The van der Waals surface area contributed by atoms with Crippen molar-refractivity contribution >= 4 is 17.5 Å². The Hall–Kier alpha value is -1.06. The van der Waals surface area contributed by atoms with Crippen LogP contribution in [0.15, 0.2) is 24.3 Å². The van der Waals surface area contributed by atoms with Crippen LogP contribution < -0.4 is 5.32 Å². The van der Waals surface area contributed by atoms with Gasteiger partial charge in [-0.25, -0.2) is 0 Å². The SMILES string of the molecule is CCN(Cc1ccccc1Cl)C(=O)[C@H]1CCCCN1. The van der Waals surface area contributed by atoms with Gasteiger partial charge in [0.05, 0.1) is 6.04 Å². The third-order valence-corrected chi connectivity index (χ3v) is 3.99. The third kappa shape index (κ3) is 3.71. The lowest BCUT2D eigenvalue weighted by Crippen LogP contribution is -2.48. The second kappa shape index (κ2) is 6.92. The van der Waals surface area contributed by atoms with Crippen molar-refractivity contribution in [3.63, 3.8) is 0 Å². The number of benzene rings is 1. The van der Waals surface area contributed by atoms with E-state index in [0.717, 1.165) is 30.0 Å². The zero-order chi connectivity index (χ0) is 13.7. The van der Waals surface area contributed by atoms with Crippen LogP contribution in [0.25, 0.3) is 0 Å². The Kier molecular flexibility index (Phi) is 5.23. The number of hydrogen-bond acceptors (Lipinski definition) is 2. The zero-order valence-electron chi connectivity index (χ0n) is 11.4. The number of piperidine rings is 1. The number of rotatable bonds is 4. The van der Waals surface area contributed by atoms with Crippen molar-refractivity contribution < 1.29 is 4.79 Å². The number of amides is 1. The van der Waals surface area contributed by atoms with Gasteiger partial charge in [0.25, 0.3) is 0 Å². The van der Waals surface area contributed by atoms with E-state index in [1.807, 2.05) is 36.1 Å². The molecule has 0 radical (unpaired) electrons. The number of carbonyl (C=O) groups excluding carboxylic acids is 1. The summed E-state index contributed by atoms with van der Waals surface area (Å²) < 4.78 is 0. The Balaban J connectivity index is 2.03. The molecule has 0 bridgehead atoms. The van der Waals surface area contributed by atoms with Crippen LogP contribution in [0.4, 0.5) is 0 Å². The summed E-state index contributed by atoms with van der Waals surface area (Å²) in [4.78, 5) is 14.3. The lowest BCUT2D eigenvalue weighted by Gasteiger charge is -2.29. The first-order valence-electron chi connectivity index (χ1n) is 6.98. The molecule has 1 aromatic carbocycles. The number of halogens is 1. The smallest absolute Gasteiger partial charge is 0.239 e. The van der Waals surface area contributed by atoms with Gasteiger partial charge in [-0.15, -0.1) is 0 Å². The molecule has 4 heteroatoms. The van der Waals surface area contributed by atoms with Crippen molar-refractivity contribution in [1.29, 1.82) is 0 Å². The first-order valence-corrected chi connectivity index (χ1v) is 7.35. The summed E-state index contributed by atoms with van der Waals surface area (Å²) in [6.45, 7) is 4.26. The van der Waals surface area contributed by atoms with Gasteiger partial charge in [-0.05, 0) is 37.9 Å². The maximum Gasteiger partial charge on any atom is 0.239 e. The number of nitrogens with one attached hydrogen (secondary N) is 1. The number of nitrogens with zero attached hydrogens (tertiary/aromatic N) is 1. The average Bonchev–Trinajstić information content (AvgIpc) is 2.47. The van der Waals surface area contributed by atoms with Crippen molar-refractivity contribution in [2.75, 3.05) is 13.1 Å². The van der Waals surface area contributed by atoms with Crippen LogP contribution in [-0.4, -0.2) is 29.9 Å². The first-order chi connectivity index (χ1) is 9.22. The molecule has 1 heterocycles. The van der Waals surface area contributed by atoms with Gasteiger partial charge >= 0.3 is 0 Å². The van der Waals surface area contributed by atoms with E-state index in [0.29, 0.717) is 13.1 Å². The number of likely N-dealkylation sites (N-methyl/N-ethyl adjacent to an activating group) is 1. The molecule has 1 aliphatic heterocycles. The van der Waals surface area contributed by atoms with E-state index >= 15 is 0 Å². The maximum atomic E-state index is 12.5. The van der Waals surface area contributed by atoms with Gasteiger partial charge in [0.2, 0.25) is 5.91 Å². The molecule has 104 valence electrons. The number of carbonyl (C=O) groups is 1. The van der Waals surface area contributed by atoms with Gasteiger partial charge in [0.1, 0.15) is 0 Å². The van der Waals surface area contributed by atoms with Crippen LogP contribution in [0.5, 0.6) is 0 Å². The topological polar surface area (TPSA) is 32.3 Å². The minimum atomic E-state index is -0.0174. The molecule has 1 N–H and O–H groups in total. The van der Waals surface area contributed by atoms with Gasteiger partial charge in [0.15, 0.2) is 0 Å². The standard InChI is InChI=1S/C15H21ClN2O/c1-2-18(11-12-7-3-4-8-13(12)16)15(19)14-9-5-6-10-17-14/h3-4,7-8,14,17H,2,5-6,9-11H2,1H3/t14-/m1/s1. The monoisotopic (exact) mass is 280 g/mol. The van der Waals surface area contributed by atoms with Gasteiger partial charge in [0, 0.05) is 18.1 Å². The molecule has 0 aromatic heterocycles. The van der Waals surface area contributed by atoms with E-state index in [9.17, 15) is 4.79 Å². The molecule has 0 saturated carbocycles. The molecule has 1 atom stereocenters. The van der Waals surface area contributed by atoms with Gasteiger partial charge in [-0.2, -0.15) is 0 Å². The highest BCUT2D eigenvalue weighted by molar-refractivity contribution is 6.31. The van der Waals surface area contributed by atoms with E-state index < -0.39 is 0 Å². The van der Waals surface area contributed by atoms with Crippen LogP contribution in [0.3, 0.4) is 0 Å². The maximum absolute atomic E-state index is 12.5. The average molecular weight is 281 g/mol. The Morgan fingerprint density at radius 1 is 1.42 bits per heavy atom. The van der Waals surface area contributed by atoms with Crippen LogP contribution in [0.1, 0.15) is 31.7 Å². The molecule has 0 spiro atoms. The molecule has 0 aliphatic carbocycles. The molecule has 1 amide bonds. The van der Waals surface area contributed by atoms with Crippen molar-refractivity contribution in [1.82, 2.24) is 10.2 Å². The van der Waals surface area contributed by atoms with Crippen LogP contribution in [-0.2, 0) is 11.3 Å². The second-order valence-corrected chi connectivity index (χ2v) is 5.35. The fourth-order valence-corrected chi connectivity index (χ4v) is 2.66. The third-order valence-electron chi connectivity index (χ3n) is 3.62. The minimum Gasteiger partial charge on any atom is -0.337 e. The van der Waals surface area contributed by atoms with E-state index in [1.165, 1.54) is 6.42 Å². The fourth-order valence-electron chi connectivity index (χ4n) is 2.46. The Bertz CT molecular complexity index is 430. The van der Waals surface area contributed by atoms with Crippen LogP contribution >= 0.6 is 11.6 Å². The van der Waals surface area contributed by atoms with E-state index in [-0.39, 0.29) is 11.9 Å². The van der Waals surface area contributed by atoms with Gasteiger partial charge in [-0.3, -0.25) is 4.79 Å². The highest BCUT2D eigenvalue weighted by atomic mass is 35.5. The summed E-state index contributed by atoms with van der Waals surface area (Å²) in [6, 6.07) is 7.70. The molecule has 19 heavy (non-hydrogen) atoms. The summed E-state index contributed by atoms with van der Waals surface area (Å²) in [5.74, 6) is 0.196. The molecular weight excluding hydrogens is 260 g/mol. The van der Waals surface area contributed by atoms with E-state index in [4.69, 9.17) is 11.6 Å². The Labute approximate surface area is 119 Å². The second-order valence-electron chi connectivity index (χ2n) is 4.95. The summed E-state index contributed by atoms with van der Waals surface area (Å²) in [6.07, 6.45) is 3.24. The number of hydrogen-bond donors (Lipinski definition) is 1. The Morgan fingerprint density at radius 2 is 2.21 bits per heavy atom. The fraction of sp³-hybridized carbons (Fsp3) is 0.533. The molecule has 3 nitrogen and oxygen atoms in total. The highest BCUT2D eigenvalue weighted by Gasteiger charge is 2.25. The predicted octanol–water partition coefficient (Wildman–Crippen LogP) is 2.83. The highest BCUT2D eigenvalue weighted by Crippen LogP contribution is 2.18. The van der Waals surface area contributed by atoms with Gasteiger partial charge in [-0.1, -0.05) is 36.2 Å². The van der Waals surface area contributed by atoms with E-state index in [1.54, 1.807) is 0 Å². The van der Waals surface area contributed by atoms with Crippen molar-refractivity contribution in [3.8, 4) is 0 Å². The summed E-state index contributed by atoms with van der Waals surface area (Å²) >= 11 is 6.16. The van der Waals surface area contributed by atoms with Gasteiger partial charge < -0.3 is 10.2 Å². The van der Waals surface area contributed by atoms with Crippen molar-refractivity contribution in [2.45, 2.75) is 38.8 Å². The largest absolute Gasteiger partial charge is 0.337 e. The van der Waals surface area contributed by atoms with Crippen LogP contribution in [0.2, 0.25) is 5.02 Å². The Morgan fingerprint density at radius 3 is 2.84 bits per heavy atom. The van der Waals surface area contributed by atoms with Crippen molar-refractivity contribution in [2.24, 2.45) is 0 Å². The molecule has 0 unspecified atom stereocenters. The predicted molar refractivity (Wildman–Crippen MR) is 78.2 cm³/mol. The molecular formula is C15H21ClN2O. The van der Waals surface area contributed by atoms with Crippen LogP contribution in [0, 0.1) is 0 Å². The molecule has 1 saturated heterocycles. The summed E-state index contributed by atoms with van der Waals surface area (Å²) in [5.41, 5.74) is 1.01. The lowest BCUT2D eigenvalue weighted by atomic mass is 10.0. The van der Waals surface area contributed by atoms with Crippen molar-refractivity contribution in [3.05, 3.63) is 34.9 Å². The lowest BCUT2D eigenvalue weighted by molar-refractivity contribution is -0.134. The minimum absolute atomic E-state index is 0.0174. The quantitative estimate of drug-likeness (QED) is 0.920. The van der Waals surface area contributed by atoms with E-state index in [2.05, 4.69) is 5.32 Å². The normalized spacial score (nSPS) is 19.2. The molecule has 1 fully saturated rings. The molecule has 1 aromatic rings. The first kappa shape index (κ1) is 14.4.